The summed E-state index contributed by atoms with van der Waals surface area (Å²) in [7, 11) is 0. The molecular formula is C21H23NO2S. The molecule has 0 bridgehead atoms. The Morgan fingerprint density at radius 2 is 1.88 bits per heavy atom. The number of fused-ring (bicyclic) bond motifs is 1. The van der Waals surface area contributed by atoms with Crippen LogP contribution in [0.1, 0.15) is 41.1 Å². The Bertz CT molecular complexity index is 855. The molecule has 4 heteroatoms. The van der Waals surface area contributed by atoms with Crippen LogP contribution in [-0.4, -0.2) is 12.6 Å². The Balaban J connectivity index is 1.99. The van der Waals surface area contributed by atoms with E-state index in [1.165, 1.54) is 16.9 Å². The van der Waals surface area contributed by atoms with Crippen LogP contribution in [0.15, 0.2) is 48.5 Å². The maximum Gasteiger partial charge on any atom is 0.348 e. The van der Waals surface area contributed by atoms with Gasteiger partial charge in [0.25, 0.3) is 0 Å². The molecule has 0 unspecified atom stereocenters. The van der Waals surface area contributed by atoms with Crippen LogP contribution >= 0.6 is 11.3 Å². The first-order valence-corrected chi connectivity index (χ1v) is 9.55. The number of hydrogen-bond acceptors (Lipinski definition) is 4. The summed E-state index contributed by atoms with van der Waals surface area (Å²) in [6.07, 6.45) is 1.86. The zero-order chi connectivity index (χ0) is 17.6. The molecule has 1 heterocycles. The second-order valence-corrected chi connectivity index (χ2v) is 6.95. The van der Waals surface area contributed by atoms with Crippen LogP contribution in [0, 0.1) is 0 Å². The third-order valence-electron chi connectivity index (χ3n) is 4.10. The monoisotopic (exact) mass is 353 g/mol. The van der Waals surface area contributed by atoms with Gasteiger partial charge in [-0.2, -0.15) is 0 Å². The van der Waals surface area contributed by atoms with Crippen LogP contribution in [0.3, 0.4) is 0 Å². The lowest BCUT2D eigenvalue weighted by atomic mass is 10.0. The topological polar surface area (TPSA) is 38.3 Å². The number of aryl methyl sites for hydroxylation is 1. The lowest BCUT2D eigenvalue weighted by Crippen LogP contribution is -2.05. The number of carbonyl (C=O) groups is 1. The Morgan fingerprint density at radius 1 is 1.08 bits per heavy atom. The number of esters is 1. The van der Waals surface area contributed by atoms with E-state index in [0.717, 1.165) is 45.6 Å². The molecule has 130 valence electrons. The van der Waals surface area contributed by atoms with Crippen LogP contribution in [0.25, 0.3) is 10.1 Å². The van der Waals surface area contributed by atoms with Gasteiger partial charge in [-0.25, -0.2) is 4.79 Å². The van der Waals surface area contributed by atoms with Crippen LogP contribution in [-0.2, 0) is 17.7 Å². The number of anilines is 1. The van der Waals surface area contributed by atoms with Gasteiger partial charge in [-0.3, -0.25) is 0 Å². The summed E-state index contributed by atoms with van der Waals surface area (Å²) >= 11 is 1.53. The zero-order valence-electron chi connectivity index (χ0n) is 14.7. The quantitative estimate of drug-likeness (QED) is 0.558. The summed E-state index contributed by atoms with van der Waals surface area (Å²) in [6, 6.07) is 16.5. The van der Waals surface area contributed by atoms with Crippen LogP contribution in [0.2, 0.25) is 0 Å². The standard InChI is InChI=1S/C21H23NO2S/c1-3-9-16-19-17(22-14-15-10-6-5-7-11-15)12-8-13-18(19)25-20(16)21(23)24-4-2/h5-8,10-13,22H,3-4,9,14H2,1-2H3. The number of thiophene rings is 1. The van der Waals surface area contributed by atoms with Gasteiger partial charge in [0.2, 0.25) is 0 Å². The fourth-order valence-corrected chi connectivity index (χ4v) is 4.17. The summed E-state index contributed by atoms with van der Waals surface area (Å²) < 4.78 is 6.39. The summed E-state index contributed by atoms with van der Waals surface area (Å²) in [5.74, 6) is -0.207. The molecule has 0 radical (unpaired) electrons. The van der Waals surface area contributed by atoms with Gasteiger partial charge >= 0.3 is 5.97 Å². The SMILES string of the molecule is CCCc1c(C(=O)OCC)sc2cccc(NCc3ccccc3)c12. The molecule has 2 aromatic carbocycles. The number of hydrogen-bond donors (Lipinski definition) is 1. The Hall–Kier alpha value is -2.33. The van der Waals surface area contributed by atoms with E-state index in [1.54, 1.807) is 0 Å². The van der Waals surface area contributed by atoms with Crippen molar-refractivity contribution in [2.75, 3.05) is 11.9 Å². The third kappa shape index (κ3) is 3.85. The van der Waals surface area contributed by atoms with E-state index >= 15 is 0 Å². The second kappa shape index (κ2) is 8.17. The second-order valence-electron chi connectivity index (χ2n) is 5.90. The van der Waals surface area contributed by atoms with Crippen LogP contribution in [0.5, 0.6) is 0 Å². The largest absolute Gasteiger partial charge is 0.462 e. The predicted octanol–water partition coefficient (Wildman–Crippen LogP) is 5.64. The number of ether oxygens (including phenoxy) is 1. The molecule has 0 aliphatic rings. The van der Waals surface area contributed by atoms with Crippen molar-refractivity contribution in [1.29, 1.82) is 0 Å². The van der Waals surface area contributed by atoms with Crippen molar-refractivity contribution >= 4 is 33.1 Å². The molecule has 0 fully saturated rings. The van der Waals surface area contributed by atoms with Crippen molar-refractivity contribution in [3.63, 3.8) is 0 Å². The van der Waals surface area contributed by atoms with E-state index < -0.39 is 0 Å². The molecule has 3 nitrogen and oxygen atoms in total. The van der Waals surface area contributed by atoms with E-state index in [9.17, 15) is 4.79 Å². The summed E-state index contributed by atoms with van der Waals surface area (Å²) in [5, 5.41) is 4.70. The number of benzene rings is 2. The third-order valence-corrected chi connectivity index (χ3v) is 5.28. The fourth-order valence-electron chi connectivity index (χ4n) is 3.00. The lowest BCUT2D eigenvalue weighted by molar-refractivity contribution is 0.0531. The van der Waals surface area contributed by atoms with Crippen molar-refractivity contribution in [2.45, 2.75) is 33.2 Å². The van der Waals surface area contributed by atoms with E-state index in [1.807, 2.05) is 31.2 Å². The lowest BCUT2D eigenvalue weighted by Gasteiger charge is -2.10. The molecule has 3 aromatic rings. The minimum atomic E-state index is -0.207. The fraction of sp³-hybridized carbons (Fsp3) is 0.286. The minimum Gasteiger partial charge on any atom is -0.462 e. The van der Waals surface area contributed by atoms with E-state index in [2.05, 4.69) is 36.5 Å². The van der Waals surface area contributed by atoms with Gasteiger partial charge in [-0.1, -0.05) is 49.7 Å². The molecule has 0 spiro atoms. The summed E-state index contributed by atoms with van der Waals surface area (Å²) in [4.78, 5) is 13.1. The first kappa shape index (κ1) is 17.5. The summed E-state index contributed by atoms with van der Waals surface area (Å²) in [5.41, 5.74) is 3.42. The number of carbonyl (C=O) groups excluding carboxylic acids is 1. The molecule has 1 aromatic heterocycles. The predicted molar refractivity (Wildman–Crippen MR) is 106 cm³/mol. The Morgan fingerprint density at radius 3 is 2.60 bits per heavy atom. The van der Waals surface area contributed by atoms with Crippen molar-refractivity contribution in [3.8, 4) is 0 Å². The number of rotatable bonds is 7. The molecule has 0 atom stereocenters. The zero-order valence-corrected chi connectivity index (χ0v) is 15.5. The molecular weight excluding hydrogens is 330 g/mol. The van der Waals surface area contributed by atoms with Gasteiger partial charge in [-0.15, -0.1) is 11.3 Å². The Labute approximate surface area is 152 Å². The van der Waals surface area contributed by atoms with Crippen LogP contribution in [0.4, 0.5) is 5.69 Å². The minimum absolute atomic E-state index is 0.207. The van der Waals surface area contributed by atoms with Crippen molar-refractivity contribution in [2.24, 2.45) is 0 Å². The molecule has 1 N–H and O–H groups in total. The average Bonchev–Trinajstić information content (AvgIpc) is 3.01. The number of nitrogens with one attached hydrogen (secondary N) is 1. The highest BCUT2D eigenvalue weighted by atomic mass is 32.1. The molecule has 3 rings (SSSR count). The van der Waals surface area contributed by atoms with E-state index in [-0.39, 0.29) is 5.97 Å². The van der Waals surface area contributed by atoms with Gasteiger partial charge in [0.15, 0.2) is 0 Å². The highest BCUT2D eigenvalue weighted by Crippen LogP contribution is 2.37. The van der Waals surface area contributed by atoms with Gasteiger partial charge in [0.1, 0.15) is 4.88 Å². The van der Waals surface area contributed by atoms with Gasteiger partial charge < -0.3 is 10.1 Å². The normalized spacial score (nSPS) is 10.8. The molecule has 0 saturated carbocycles. The molecule has 0 aliphatic carbocycles. The van der Waals surface area contributed by atoms with E-state index in [4.69, 9.17) is 4.74 Å². The van der Waals surface area contributed by atoms with Crippen molar-refractivity contribution in [1.82, 2.24) is 0 Å². The molecule has 25 heavy (non-hydrogen) atoms. The summed E-state index contributed by atoms with van der Waals surface area (Å²) in [6.45, 7) is 5.14. The van der Waals surface area contributed by atoms with Gasteiger partial charge in [-0.05, 0) is 36.6 Å². The van der Waals surface area contributed by atoms with E-state index in [0.29, 0.717) is 6.61 Å². The van der Waals surface area contributed by atoms with Gasteiger partial charge in [0, 0.05) is 22.3 Å². The average molecular weight is 353 g/mol. The van der Waals surface area contributed by atoms with Crippen molar-refractivity contribution < 1.29 is 9.53 Å². The van der Waals surface area contributed by atoms with Crippen LogP contribution < -0.4 is 5.32 Å². The maximum atomic E-state index is 12.4. The highest BCUT2D eigenvalue weighted by Gasteiger charge is 2.20. The molecule has 0 saturated heterocycles. The highest BCUT2D eigenvalue weighted by molar-refractivity contribution is 7.21. The van der Waals surface area contributed by atoms with Gasteiger partial charge in [0.05, 0.1) is 6.61 Å². The molecule has 0 amide bonds. The molecule has 0 aliphatic heterocycles. The Kier molecular flexibility index (Phi) is 5.71. The first-order valence-electron chi connectivity index (χ1n) is 8.73. The maximum absolute atomic E-state index is 12.4. The smallest absolute Gasteiger partial charge is 0.348 e. The van der Waals surface area contributed by atoms with Crippen molar-refractivity contribution in [3.05, 3.63) is 64.5 Å². The first-order chi connectivity index (χ1) is 12.2.